The van der Waals surface area contributed by atoms with Crippen molar-refractivity contribution >= 4 is 6.21 Å². The lowest BCUT2D eigenvalue weighted by atomic mass is 9.90. The lowest BCUT2D eigenvalue weighted by Crippen LogP contribution is -2.41. The van der Waals surface area contributed by atoms with Gasteiger partial charge < -0.3 is 9.47 Å². The van der Waals surface area contributed by atoms with Crippen LogP contribution in [-0.2, 0) is 9.47 Å². The minimum Gasteiger partial charge on any atom is -0.455 e. The van der Waals surface area contributed by atoms with Crippen molar-refractivity contribution in [2.45, 2.75) is 38.9 Å². The Kier molecular flexibility index (Phi) is 2.65. The third-order valence-corrected chi connectivity index (χ3v) is 2.98. The van der Waals surface area contributed by atoms with Gasteiger partial charge in [-0.05, 0) is 27.7 Å². The fourth-order valence-electron chi connectivity index (χ4n) is 1.26. The van der Waals surface area contributed by atoms with E-state index >= 15 is 0 Å². The van der Waals surface area contributed by atoms with Crippen molar-refractivity contribution in [3.05, 3.63) is 24.7 Å². The summed E-state index contributed by atoms with van der Waals surface area (Å²) in [5, 5.41) is 11.3. The number of ether oxygens (including phenoxy) is 2. The zero-order valence-electron chi connectivity index (χ0n) is 10.4. The molecule has 0 aromatic carbocycles. The second kappa shape index (κ2) is 3.87. The van der Waals surface area contributed by atoms with Crippen LogP contribution in [-0.4, -0.2) is 32.3 Å². The molecule has 0 N–H and O–H groups in total. The molecular weight excluding hydrogens is 220 g/mol. The first kappa shape index (κ1) is 11.6. The highest BCUT2D eigenvalue weighted by Crippen LogP contribution is 2.39. The molecule has 6 heteroatoms. The Labute approximate surface area is 99.9 Å². The summed E-state index contributed by atoms with van der Waals surface area (Å²) in [5.41, 5.74) is -0.716. The molecule has 2 rings (SSSR count). The Hall–Kier alpha value is -1.85. The van der Waals surface area contributed by atoms with E-state index in [4.69, 9.17) is 9.47 Å². The first-order chi connectivity index (χ1) is 7.91. The summed E-state index contributed by atoms with van der Waals surface area (Å²) in [5.74, 6) is 0.469. The average molecular weight is 236 g/mol. The van der Waals surface area contributed by atoms with Crippen LogP contribution in [0.25, 0.3) is 0 Å². The Bertz CT molecular complexity index is 428. The maximum atomic E-state index is 5.69. The second-order valence-corrected chi connectivity index (χ2v) is 4.82. The smallest absolute Gasteiger partial charge is 0.282 e. The lowest BCUT2D eigenvalue weighted by Gasteiger charge is -2.28. The normalized spacial score (nSPS) is 21.3. The molecule has 0 saturated carbocycles. The van der Waals surface area contributed by atoms with Gasteiger partial charge in [0.2, 0.25) is 0 Å². The van der Waals surface area contributed by atoms with Crippen LogP contribution < -0.4 is 0 Å². The van der Waals surface area contributed by atoms with Crippen molar-refractivity contribution < 1.29 is 9.47 Å². The highest BCUT2D eigenvalue weighted by Gasteiger charge is 2.48. The molecule has 92 valence electrons. The van der Waals surface area contributed by atoms with Crippen molar-refractivity contribution in [1.82, 2.24) is 14.9 Å². The van der Waals surface area contributed by atoms with Crippen LogP contribution >= 0.6 is 0 Å². The number of nitrogens with zero attached hydrogens (tertiary/aromatic N) is 4. The van der Waals surface area contributed by atoms with E-state index < -0.39 is 0 Å². The average Bonchev–Trinajstić information content (AvgIpc) is 2.74. The summed E-state index contributed by atoms with van der Waals surface area (Å²) < 4.78 is 12.9. The van der Waals surface area contributed by atoms with Crippen molar-refractivity contribution in [1.29, 1.82) is 0 Å². The Morgan fingerprint density at radius 3 is 2.18 bits per heavy atom. The van der Waals surface area contributed by atoms with Crippen LogP contribution in [0.5, 0.6) is 0 Å². The summed E-state index contributed by atoms with van der Waals surface area (Å²) in [6.07, 6.45) is 6.26. The third-order valence-electron chi connectivity index (χ3n) is 2.98. The molecule has 0 unspecified atom stereocenters. The Balaban J connectivity index is 2.06. The maximum absolute atomic E-state index is 5.69. The van der Waals surface area contributed by atoms with E-state index in [1.165, 1.54) is 17.3 Å². The predicted molar refractivity (Wildman–Crippen MR) is 62.3 cm³/mol. The quantitative estimate of drug-likeness (QED) is 0.731. The van der Waals surface area contributed by atoms with Crippen molar-refractivity contribution in [2.75, 3.05) is 0 Å². The zero-order chi connectivity index (χ0) is 12.5. The standard InChI is InChI=1S/C11H16N4O2/c1-10(2)11(3,4)17-9(16-10)5-6-14-15-7-12-13-8-15/h5-8H,1-4H3. The fourth-order valence-corrected chi connectivity index (χ4v) is 1.26. The minimum atomic E-state index is -0.358. The second-order valence-electron chi connectivity index (χ2n) is 4.82. The van der Waals surface area contributed by atoms with Gasteiger partial charge in [0.15, 0.2) is 0 Å². The maximum Gasteiger partial charge on any atom is 0.282 e. The van der Waals surface area contributed by atoms with E-state index in [0.717, 1.165) is 0 Å². The van der Waals surface area contributed by atoms with Gasteiger partial charge in [-0.15, -0.1) is 10.2 Å². The molecule has 0 atom stereocenters. The molecule has 17 heavy (non-hydrogen) atoms. The molecule has 1 saturated heterocycles. The first-order valence-corrected chi connectivity index (χ1v) is 5.38. The van der Waals surface area contributed by atoms with Crippen LogP contribution in [0, 0.1) is 0 Å². The molecule has 1 aliphatic heterocycles. The summed E-state index contributed by atoms with van der Waals surface area (Å²) in [6, 6.07) is 0. The van der Waals surface area contributed by atoms with Crippen LogP contribution in [0.2, 0.25) is 0 Å². The summed E-state index contributed by atoms with van der Waals surface area (Å²) in [6.45, 7) is 7.96. The Morgan fingerprint density at radius 2 is 1.65 bits per heavy atom. The van der Waals surface area contributed by atoms with Crippen molar-refractivity contribution in [2.24, 2.45) is 5.10 Å². The van der Waals surface area contributed by atoms with Gasteiger partial charge in [0.1, 0.15) is 23.9 Å². The third kappa shape index (κ3) is 2.30. The monoisotopic (exact) mass is 236 g/mol. The molecule has 1 aromatic rings. The van der Waals surface area contributed by atoms with E-state index in [0.29, 0.717) is 5.95 Å². The number of rotatable bonds is 2. The summed E-state index contributed by atoms with van der Waals surface area (Å²) in [7, 11) is 0. The predicted octanol–water partition coefficient (Wildman–Crippen LogP) is 1.56. The van der Waals surface area contributed by atoms with Crippen LogP contribution in [0.1, 0.15) is 27.7 Å². The van der Waals surface area contributed by atoms with Crippen LogP contribution in [0.3, 0.4) is 0 Å². The molecule has 0 amide bonds. The molecule has 0 radical (unpaired) electrons. The zero-order valence-corrected chi connectivity index (χ0v) is 10.4. The topological polar surface area (TPSA) is 61.5 Å². The van der Waals surface area contributed by atoms with E-state index in [-0.39, 0.29) is 11.2 Å². The highest BCUT2D eigenvalue weighted by atomic mass is 16.7. The highest BCUT2D eigenvalue weighted by molar-refractivity contribution is 5.71. The van der Waals surface area contributed by atoms with Gasteiger partial charge in [0.25, 0.3) is 5.95 Å². The van der Waals surface area contributed by atoms with E-state index in [2.05, 4.69) is 15.3 Å². The van der Waals surface area contributed by atoms with E-state index in [1.54, 1.807) is 12.3 Å². The van der Waals surface area contributed by atoms with E-state index in [1.807, 2.05) is 27.7 Å². The fraction of sp³-hybridized carbons (Fsp3) is 0.545. The molecule has 1 aliphatic rings. The number of hydrogen-bond acceptors (Lipinski definition) is 5. The number of hydrogen-bond donors (Lipinski definition) is 0. The number of aromatic nitrogens is 3. The Morgan fingerprint density at radius 1 is 1.12 bits per heavy atom. The van der Waals surface area contributed by atoms with Gasteiger partial charge in [-0.2, -0.15) is 5.10 Å². The van der Waals surface area contributed by atoms with Gasteiger partial charge in [0, 0.05) is 6.08 Å². The molecule has 1 fully saturated rings. The minimum absolute atomic E-state index is 0.358. The van der Waals surface area contributed by atoms with Crippen LogP contribution in [0.4, 0.5) is 0 Å². The van der Waals surface area contributed by atoms with Crippen molar-refractivity contribution in [3.63, 3.8) is 0 Å². The van der Waals surface area contributed by atoms with Gasteiger partial charge in [-0.1, -0.05) is 0 Å². The van der Waals surface area contributed by atoms with Crippen molar-refractivity contribution in [3.8, 4) is 0 Å². The van der Waals surface area contributed by atoms with E-state index in [9.17, 15) is 0 Å². The van der Waals surface area contributed by atoms with Gasteiger partial charge in [0.05, 0.1) is 6.21 Å². The number of allylic oxidation sites excluding steroid dienone is 1. The molecule has 0 bridgehead atoms. The molecule has 0 spiro atoms. The largest absolute Gasteiger partial charge is 0.455 e. The molecule has 2 heterocycles. The molecular formula is C11H16N4O2. The van der Waals surface area contributed by atoms with Crippen LogP contribution in [0.15, 0.2) is 29.8 Å². The van der Waals surface area contributed by atoms with Gasteiger partial charge in [-0.25, -0.2) is 4.68 Å². The molecule has 6 nitrogen and oxygen atoms in total. The SMILES string of the molecule is CC1(C)OC(=CC=Nn2cnnc2)OC1(C)C. The summed E-state index contributed by atoms with van der Waals surface area (Å²) in [4.78, 5) is 0. The summed E-state index contributed by atoms with van der Waals surface area (Å²) >= 11 is 0. The lowest BCUT2D eigenvalue weighted by molar-refractivity contribution is 0.00578. The van der Waals surface area contributed by atoms with Gasteiger partial charge >= 0.3 is 0 Å². The molecule has 0 aliphatic carbocycles. The first-order valence-electron chi connectivity index (χ1n) is 5.38. The van der Waals surface area contributed by atoms with Gasteiger partial charge in [-0.3, -0.25) is 0 Å². The molecule has 1 aromatic heterocycles.